The summed E-state index contributed by atoms with van der Waals surface area (Å²) in [5.74, 6) is -0.743. The highest BCUT2D eigenvalue weighted by molar-refractivity contribution is 5.85. The number of carbonyl (C=O) groups excluding carboxylic acids is 3. The van der Waals surface area contributed by atoms with Crippen molar-refractivity contribution in [2.45, 2.75) is 31.7 Å². The van der Waals surface area contributed by atoms with Gasteiger partial charge in [0.15, 0.2) is 0 Å². The molecule has 0 heterocycles. The summed E-state index contributed by atoms with van der Waals surface area (Å²) in [6.45, 7) is 0. The van der Waals surface area contributed by atoms with Crippen LogP contribution in [0.4, 0.5) is 0 Å². The van der Waals surface area contributed by atoms with Crippen LogP contribution in [-0.4, -0.2) is 31.0 Å². The molecule has 27 heavy (non-hydrogen) atoms. The molecule has 1 atom stereocenters. The van der Waals surface area contributed by atoms with Crippen LogP contribution in [-0.2, 0) is 25.5 Å². The molecule has 2 aromatic rings. The number of esters is 2. The molecule has 0 aromatic heterocycles. The number of hydrogen-bond donors (Lipinski definition) is 1. The maximum absolute atomic E-state index is 12.1. The molecule has 0 fully saturated rings. The number of nitrogens with one attached hydrogen (secondary N) is 1. The number of methoxy groups -OCH3 is 1. The third-order valence-electron chi connectivity index (χ3n) is 3.86. The van der Waals surface area contributed by atoms with Gasteiger partial charge in [-0.2, -0.15) is 0 Å². The number of carbonyl (C=O) groups is 3. The molecule has 0 spiro atoms. The van der Waals surface area contributed by atoms with E-state index in [1.807, 2.05) is 36.4 Å². The fourth-order valence-corrected chi connectivity index (χ4v) is 2.52. The van der Waals surface area contributed by atoms with Gasteiger partial charge >= 0.3 is 11.9 Å². The van der Waals surface area contributed by atoms with Crippen molar-refractivity contribution < 1.29 is 23.9 Å². The predicted octanol–water partition coefficient (Wildman–Crippen LogP) is 2.66. The van der Waals surface area contributed by atoms with Crippen LogP contribution in [0.15, 0.2) is 60.7 Å². The zero-order valence-electron chi connectivity index (χ0n) is 15.2. The highest BCUT2D eigenvalue weighted by atomic mass is 16.5. The SMILES string of the molecule is COC(=O)[C@H](Cc1ccccc1)NC(=O)CCCC(=O)Oc1ccccc1. The Labute approximate surface area is 158 Å². The average molecular weight is 369 g/mol. The maximum Gasteiger partial charge on any atom is 0.328 e. The van der Waals surface area contributed by atoms with Gasteiger partial charge in [-0.05, 0) is 24.1 Å². The molecule has 142 valence electrons. The van der Waals surface area contributed by atoms with Gasteiger partial charge in [0.2, 0.25) is 5.91 Å². The smallest absolute Gasteiger partial charge is 0.328 e. The van der Waals surface area contributed by atoms with Crippen LogP contribution >= 0.6 is 0 Å². The molecule has 1 N–H and O–H groups in total. The summed E-state index contributed by atoms with van der Waals surface area (Å²) in [6.07, 6.45) is 0.905. The molecule has 2 aromatic carbocycles. The zero-order valence-corrected chi connectivity index (χ0v) is 15.2. The Kier molecular flexibility index (Phi) is 8.03. The minimum absolute atomic E-state index is 0.115. The number of amides is 1. The lowest BCUT2D eigenvalue weighted by atomic mass is 10.1. The monoisotopic (exact) mass is 369 g/mol. The Morgan fingerprint density at radius 3 is 2.19 bits per heavy atom. The summed E-state index contributed by atoms with van der Waals surface area (Å²) in [5.41, 5.74) is 0.916. The number of benzene rings is 2. The van der Waals surface area contributed by atoms with Crippen LogP contribution < -0.4 is 10.1 Å². The summed E-state index contributed by atoms with van der Waals surface area (Å²) in [6, 6.07) is 17.4. The van der Waals surface area contributed by atoms with Crippen LogP contribution in [0.5, 0.6) is 5.75 Å². The third kappa shape index (κ3) is 7.32. The van der Waals surface area contributed by atoms with E-state index in [0.717, 1.165) is 5.56 Å². The summed E-state index contributed by atoms with van der Waals surface area (Å²) >= 11 is 0. The average Bonchev–Trinajstić information content (AvgIpc) is 2.68. The number of ether oxygens (including phenoxy) is 2. The summed E-state index contributed by atoms with van der Waals surface area (Å²) < 4.78 is 9.93. The van der Waals surface area contributed by atoms with Crippen LogP contribution in [0.3, 0.4) is 0 Å². The topological polar surface area (TPSA) is 81.7 Å². The molecule has 1 amide bonds. The van der Waals surface area contributed by atoms with E-state index in [0.29, 0.717) is 18.6 Å². The van der Waals surface area contributed by atoms with Crippen molar-refractivity contribution in [1.82, 2.24) is 5.32 Å². The van der Waals surface area contributed by atoms with Gasteiger partial charge in [-0.1, -0.05) is 48.5 Å². The molecule has 2 rings (SSSR count). The molecule has 6 nitrogen and oxygen atoms in total. The van der Waals surface area contributed by atoms with Crippen molar-refractivity contribution in [3.63, 3.8) is 0 Å². The minimum atomic E-state index is -0.763. The van der Waals surface area contributed by atoms with Crippen molar-refractivity contribution in [2.24, 2.45) is 0 Å². The fraction of sp³-hybridized carbons (Fsp3) is 0.286. The van der Waals surface area contributed by atoms with Gasteiger partial charge < -0.3 is 14.8 Å². The molecule has 0 saturated carbocycles. The Morgan fingerprint density at radius 1 is 0.926 bits per heavy atom. The van der Waals surface area contributed by atoms with Crippen LogP contribution in [0.1, 0.15) is 24.8 Å². The molecule has 0 aliphatic rings. The van der Waals surface area contributed by atoms with E-state index in [-0.39, 0.29) is 18.7 Å². The molecule has 0 bridgehead atoms. The Bertz CT molecular complexity index is 746. The van der Waals surface area contributed by atoms with Gasteiger partial charge in [0.1, 0.15) is 11.8 Å². The second-order valence-electron chi connectivity index (χ2n) is 5.97. The summed E-state index contributed by atoms with van der Waals surface area (Å²) in [5, 5.41) is 2.67. The van der Waals surface area contributed by atoms with E-state index in [1.165, 1.54) is 7.11 Å². The van der Waals surface area contributed by atoms with E-state index in [9.17, 15) is 14.4 Å². The second kappa shape index (κ2) is 10.8. The summed E-state index contributed by atoms with van der Waals surface area (Å²) in [4.78, 5) is 35.8. The molecular weight excluding hydrogens is 346 g/mol. The Balaban J connectivity index is 1.77. The predicted molar refractivity (Wildman–Crippen MR) is 100 cm³/mol. The van der Waals surface area contributed by atoms with Crippen molar-refractivity contribution in [3.05, 3.63) is 66.2 Å². The van der Waals surface area contributed by atoms with Crippen LogP contribution in [0.2, 0.25) is 0 Å². The van der Waals surface area contributed by atoms with E-state index < -0.39 is 18.0 Å². The van der Waals surface area contributed by atoms with Crippen molar-refractivity contribution in [3.8, 4) is 5.75 Å². The van der Waals surface area contributed by atoms with Crippen molar-refractivity contribution in [1.29, 1.82) is 0 Å². The largest absolute Gasteiger partial charge is 0.467 e. The molecule has 0 aliphatic carbocycles. The normalized spacial score (nSPS) is 11.3. The van der Waals surface area contributed by atoms with Gasteiger partial charge in [0, 0.05) is 19.3 Å². The van der Waals surface area contributed by atoms with Crippen LogP contribution in [0.25, 0.3) is 0 Å². The highest BCUT2D eigenvalue weighted by Gasteiger charge is 2.21. The first-order chi connectivity index (χ1) is 13.1. The van der Waals surface area contributed by atoms with Gasteiger partial charge in [-0.25, -0.2) is 4.79 Å². The van der Waals surface area contributed by atoms with E-state index in [4.69, 9.17) is 9.47 Å². The lowest BCUT2D eigenvalue weighted by Crippen LogP contribution is -2.43. The minimum Gasteiger partial charge on any atom is -0.467 e. The first-order valence-corrected chi connectivity index (χ1v) is 8.75. The standard InChI is InChI=1S/C21H23NO5/c1-26-21(25)18(15-16-9-4-2-5-10-16)22-19(23)13-8-14-20(24)27-17-11-6-3-7-12-17/h2-7,9-12,18H,8,13-15H2,1H3,(H,22,23)/t18-/m0/s1. The number of hydrogen-bond acceptors (Lipinski definition) is 5. The van der Waals surface area contributed by atoms with Crippen LogP contribution in [0, 0.1) is 0 Å². The lowest BCUT2D eigenvalue weighted by molar-refractivity contribution is -0.145. The number of para-hydroxylation sites is 1. The highest BCUT2D eigenvalue weighted by Crippen LogP contribution is 2.10. The Morgan fingerprint density at radius 2 is 1.56 bits per heavy atom. The summed E-state index contributed by atoms with van der Waals surface area (Å²) in [7, 11) is 1.28. The molecule has 0 aliphatic heterocycles. The third-order valence-corrected chi connectivity index (χ3v) is 3.86. The molecule has 0 radical (unpaired) electrons. The van der Waals surface area contributed by atoms with Crippen molar-refractivity contribution in [2.75, 3.05) is 7.11 Å². The van der Waals surface area contributed by atoms with Gasteiger partial charge in [0.25, 0.3) is 0 Å². The molecule has 0 unspecified atom stereocenters. The van der Waals surface area contributed by atoms with Gasteiger partial charge in [-0.15, -0.1) is 0 Å². The first-order valence-electron chi connectivity index (χ1n) is 8.75. The Hall–Kier alpha value is -3.15. The quantitative estimate of drug-likeness (QED) is 0.543. The molecule has 0 saturated heterocycles. The van der Waals surface area contributed by atoms with Gasteiger partial charge in [-0.3, -0.25) is 9.59 Å². The fourth-order valence-electron chi connectivity index (χ4n) is 2.52. The van der Waals surface area contributed by atoms with Gasteiger partial charge in [0.05, 0.1) is 7.11 Å². The first kappa shape index (κ1) is 20.2. The lowest BCUT2D eigenvalue weighted by Gasteiger charge is -2.16. The molecular formula is C21H23NO5. The second-order valence-corrected chi connectivity index (χ2v) is 5.97. The maximum atomic E-state index is 12.1. The van der Waals surface area contributed by atoms with Crippen molar-refractivity contribution >= 4 is 17.8 Å². The van der Waals surface area contributed by atoms with E-state index in [1.54, 1.807) is 24.3 Å². The van der Waals surface area contributed by atoms with E-state index >= 15 is 0 Å². The van der Waals surface area contributed by atoms with E-state index in [2.05, 4.69) is 5.32 Å². The molecule has 6 heteroatoms. The zero-order chi connectivity index (χ0) is 19.5. The number of rotatable bonds is 9.